The number of halogens is 2. The maximum Gasteiger partial charge on any atom is 0.337 e. The monoisotopic (exact) mass is 359 g/mol. The minimum Gasteiger partial charge on any atom is -0.465 e. The Balaban J connectivity index is 2.42. The van der Waals surface area contributed by atoms with E-state index in [9.17, 15) is 13.2 Å². The van der Waals surface area contributed by atoms with Gasteiger partial charge in [0.25, 0.3) is 10.0 Å². The molecule has 5 nitrogen and oxygen atoms in total. The van der Waals surface area contributed by atoms with Gasteiger partial charge in [-0.1, -0.05) is 29.3 Å². The molecule has 1 N–H and O–H groups in total. The molecule has 8 heteroatoms. The number of rotatable bonds is 4. The van der Waals surface area contributed by atoms with Gasteiger partial charge in [-0.2, -0.15) is 0 Å². The van der Waals surface area contributed by atoms with Gasteiger partial charge in [0.2, 0.25) is 0 Å². The number of hydrogen-bond donors (Lipinski definition) is 1. The molecule has 0 atom stereocenters. The van der Waals surface area contributed by atoms with Crippen molar-refractivity contribution in [2.75, 3.05) is 11.8 Å². The van der Waals surface area contributed by atoms with E-state index in [2.05, 4.69) is 9.46 Å². The summed E-state index contributed by atoms with van der Waals surface area (Å²) in [7, 11) is -2.77. The van der Waals surface area contributed by atoms with E-state index in [0.29, 0.717) is 5.02 Å². The summed E-state index contributed by atoms with van der Waals surface area (Å²) in [4.78, 5) is 11.3. The number of esters is 1. The summed E-state index contributed by atoms with van der Waals surface area (Å²) >= 11 is 11.7. The van der Waals surface area contributed by atoms with Gasteiger partial charge in [-0.15, -0.1) is 0 Å². The number of sulfonamides is 1. The molecular formula is C14H11Cl2NO4S. The van der Waals surface area contributed by atoms with Crippen molar-refractivity contribution >= 4 is 44.9 Å². The van der Waals surface area contributed by atoms with Crippen molar-refractivity contribution in [1.29, 1.82) is 0 Å². The Morgan fingerprint density at radius 2 is 1.86 bits per heavy atom. The fraction of sp³-hybridized carbons (Fsp3) is 0.0714. The standard InChI is InChI=1S/C14H11Cl2NO4S/c1-21-14(18)9-5-6-12(16)13(7-9)22(19,20)17-11-4-2-3-10(15)8-11/h2-8,17H,1H3. The Labute approximate surface area is 137 Å². The highest BCUT2D eigenvalue weighted by Crippen LogP contribution is 2.26. The molecule has 2 aromatic carbocycles. The zero-order valence-electron chi connectivity index (χ0n) is 11.3. The van der Waals surface area contributed by atoms with Crippen molar-refractivity contribution in [3.05, 3.63) is 58.1 Å². The van der Waals surface area contributed by atoms with E-state index in [1.54, 1.807) is 18.2 Å². The van der Waals surface area contributed by atoms with Crippen LogP contribution in [0.15, 0.2) is 47.4 Å². The van der Waals surface area contributed by atoms with Crippen LogP contribution in [0.2, 0.25) is 10.0 Å². The fourth-order valence-electron chi connectivity index (χ4n) is 1.72. The van der Waals surface area contributed by atoms with E-state index in [-0.39, 0.29) is 21.2 Å². The second-order valence-electron chi connectivity index (χ2n) is 4.25. The van der Waals surface area contributed by atoms with E-state index in [1.165, 1.54) is 25.3 Å². The van der Waals surface area contributed by atoms with E-state index in [0.717, 1.165) is 6.07 Å². The molecule has 0 heterocycles. The van der Waals surface area contributed by atoms with Gasteiger partial charge in [0.05, 0.1) is 23.4 Å². The highest BCUT2D eigenvalue weighted by atomic mass is 35.5. The van der Waals surface area contributed by atoms with Gasteiger partial charge >= 0.3 is 5.97 Å². The Hall–Kier alpha value is -1.76. The fourth-order valence-corrected chi connectivity index (χ4v) is 3.48. The molecule has 0 fully saturated rings. The predicted molar refractivity (Wildman–Crippen MR) is 85.1 cm³/mol. The molecule has 0 aromatic heterocycles. The first-order valence-corrected chi connectivity index (χ1v) is 8.23. The molecular weight excluding hydrogens is 349 g/mol. The number of carbonyl (C=O) groups excluding carboxylic acids is 1. The van der Waals surface area contributed by atoms with E-state index >= 15 is 0 Å². The molecule has 0 bridgehead atoms. The quantitative estimate of drug-likeness (QED) is 0.846. The van der Waals surface area contributed by atoms with E-state index in [4.69, 9.17) is 23.2 Å². The number of carbonyl (C=O) groups is 1. The summed E-state index contributed by atoms with van der Waals surface area (Å²) in [5.74, 6) is -0.657. The summed E-state index contributed by atoms with van der Waals surface area (Å²) in [6.07, 6.45) is 0. The minimum atomic E-state index is -3.97. The zero-order chi connectivity index (χ0) is 16.3. The van der Waals surface area contributed by atoms with Gasteiger partial charge in [-0.25, -0.2) is 13.2 Å². The first-order valence-electron chi connectivity index (χ1n) is 6.00. The van der Waals surface area contributed by atoms with Crippen LogP contribution in [0.3, 0.4) is 0 Å². The lowest BCUT2D eigenvalue weighted by molar-refractivity contribution is 0.0600. The molecule has 0 saturated heterocycles. The number of ether oxygens (including phenoxy) is 1. The first kappa shape index (κ1) is 16.6. The topological polar surface area (TPSA) is 72.5 Å². The molecule has 2 aromatic rings. The van der Waals surface area contributed by atoms with Gasteiger partial charge in [0.15, 0.2) is 0 Å². The minimum absolute atomic E-state index is 0.0119. The van der Waals surface area contributed by atoms with Gasteiger partial charge in [-0.3, -0.25) is 4.72 Å². The van der Waals surface area contributed by atoms with Crippen molar-refractivity contribution in [3.8, 4) is 0 Å². The van der Waals surface area contributed by atoms with E-state index in [1.807, 2.05) is 0 Å². The molecule has 22 heavy (non-hydrogen) atoms. The van der Waals surface area contributed by atoms with Gasteiger partial charge in [-0.05, 0) is 36.4 Å². The summed E-state index contributed by atoms with van der Waals surface area (Å²) in [5.41, 5.74) is 0.366. The molecule has 0 unspecified atom stereocenters. The molecule has 0 spiro atoms. The van der Waals surface area contributed by atoms with Crippen molar-refractivity contribution in [1.82, 2.24) is 0 Å². The maximum absolute atomic E-state index is 12.4. The highest BCUT2D eigenvalue weighted by Gasteiger charge is 2.20. The number of anilines is 1. The van der Waals surface area contributed by atoms with Crippen LogP contribution in [0.25, 0.3) is 0 Å². The van der Waals surface area contributed by atoms with Crippen molar-refractivity contribution in [3.63, 3.8) is 0 Å². The normalized spacial score (nSPS) is 11.0. The van der Waals surface area contributed by atoms with E-state index < -0.39 is 16.0 Å². The Bertz CT molecular complexity index is 821. The lowest BCUT2D eigenvalue weighted by Crippen LogP contribution is -2.14. The van der Waals surface area contributed by atoms with Crippen LogP contribution < -0.4 is 4.72 Å². The molecule has 0 aliphatic rings. The van der Waals surface area contributed by atoms with Crippen LogP contribution in [0.5, 0.6) is 0 Å². The lowest BCUT2D eigenvalue weighted by Gasteiger charge is -2.11. The number of methoxy groups -OCH3 is 1. The average Bonchev–Trinajstić information content (AvgIpc) is 2.46. The molecule has 0 aliphatic heterocycles. The third-order valence-corrected chi connectivity index (χ3v) is 4.82. The third kappa shape index (κ3) is 3.71. The zero-order valence-corrected chi connectivity index (χ0v) is 13.7. The third-order valence-electron chi connectivity index (χ3n) is 2.72. The van der Waals surface area contributed by atoms with Gasteiger partial charge in [0, 0.05) is 5.02 Å². The van der Waals surface area contributed by atoms with Crippen molar-refractivity contribution in [2.24, 2.45) is 0 Å². The van der Waals surface area contributed by atoms with Crippen molar-refractivity contribution in [2.45, 2.75) is 4.90 Å². The number of nitrogens with one attached hydrogen (secondary N) is 1. The van der Waals surface area contributed by atoms with Gasteiger partial charge in [0.1, 0.15) is 4.90 Å². The number of benzene rings is 2. The summed E-state index contributed by atoms with van der Waals surface area (Å²) in [6, 6.07) is 10.1. The second-order valence-corrected chi connectivity index (χ2v) is 6.75. The van der Waals surface area contributed by atoms with Gasteiger partial charge < -0.3 is 4.74 Å². The maximum atomic E-state index is 12.4. The number of hydrogen-bond acceptors (Lipinski definition) is 4. The van der Waals surface area contributed by atoms with Crippen molar-refractivity contribution < 1.29 is 17.9 Å². The molecule has 0 saturated carbocycles. The first-order chi connectivity index (χ1) is 10.3. The van der Waals surface area contributed by atoms with Crippen LogP contribution in [0, 0.1) is 0 Å². The largest absolute Gasteiger partial charge is 0.465 e. The Morgan fingerprint density at radius 1 is 1.14 bits per heavy atom. The molecule has 116 valence electrons. The van der Waals surface area contributed by atoms with Crippen LogP contribution >= 0.6 is 23.2 Å². The lowest BCUT2D eigenvalue weighted by atomic mass is 10.2. The highest BCUT2D eigenvalue weighted by molar-refractivity contribution is 7.92. The van der Waals surface area contributed by atoms with Crippen LogP contribution in [-0.2, 0) is 14.8 Å². The van der Waals surface area contributed by atoms with Crippen LogP contribution in [0.4, 0.5) is 5.69 Å². The molecule has 0 aliphatic carbocycles. The van der Waals surface area contributed by atoms with Crippen LogP contribution in [0.1, 0.15) is 10.4 Å². The molecule has 0 amide bonds. The van der Waals surface area contributed by atoms with Crippen LogP contribution in [-0.4, -0.2) is 21.5 Å². The summed E-state index contributed by atoms with van der Waals surface area (Å²) < 4.78 is 31.7. The Morgan fingerprint density at radius 3 is 2.50 bits per heavy atom. The predicted octanol–water partition coefficient (Wildman–Crippen LogP) is 3.58. The molecule has 0 radical (unpaired) electrons. The summed E-state index contributed by atoms with van der Waals surface area (Å²) in [5, 5.41) is 0.372. The average molecular weight is 360 g/mol. The Kier molecular flexibility index (Phi) is 4.95. The second kappa shape index (κ2) is 6.56. The smallest absolute Gasteiger partial charge is 0.337 e. The summed E-state index contributed by atoms with van der Waals surface area (Å²) in [6.45, 7) is 0. The SMILES string of the molecule is COC(=O)c1ccc(Cl)c(S(=O)(=O)Nc2cccc(Cl)c2)c1. The molecule has 2 rings (SSSR count).